The number of aliphatic hydroxyl groups is 1. The maximum Gasteiger partial charge on any atom is 0.223 e. The first-order chi connectivity index (χ1) is 8.20. The summed E-state index contributed by atoms with van der Waals surface area (Å²) < 4.78 is 0. The van der Waals surface area contributed by atoms with Crippen LogP contribution in [0.25, 0.3) is 0 Å². The standard InChI is InChI=1S/C11H17ClN4O/c12-9-7-10(15-11(13)14-9)16(8-3-4-8)5-1-2-6-17/h7-8,17H,1-6H2,(H2,13,14,15). The zero-order valence-corrected chi connectivity index (χ0v) is 10.4. The van der Waals surface area contributed by atoms with Gasteiger partial charge in [-0.05, 0) is 25.7 Å². The van der Waals surface area contributed by atoms with Crippen molar-refractivity contribution in [2.45, 2.75) is 31.7 Å². The lowest BCUT2D eigenvalue weighted by Crippen LogP contribution is -2.28. The van der Waals surface area contributed by atoms with E-state index in [1.54, 1.807) is 6.07 Å². The van der Waals surface area contributed by atoms with E-state index in [4.69, 9.17) is 22.4 Å². The summed E-state index contributed by atoms with van der Waals surface area (Å²) in [5, 5.41) is 9.18. The van der Waals surface area contributed by atoms with Gasteiger partial charge in [-0.3, -0.25) is 0 Å². The van der Waals surface area contributed by atoms with E-state index in [9.17, 15) is 0 Å². The van der Waals surface area contributed by atoms with Gasteiger partial charge in [0.15, 0.2) is 0 Å². The van der Waals surface area contributed by atoms with Gasteiger partial charge in [0, 0.05) is 25.3 Å². The number of nitrogens with two attached hydrogens (primary N) is 1. The third-order valence-electron chi connectivity index (χ3n) is 2.79. The van der Waals surface area contributed by atoms with Crippen molar-refractivity contribution in [3.05, 3.63) is 11.2 Å². The van der Waals surface area contributed by atoms with Crippen LogP contribution < -0.4 is 10.6 Å². The van der Waals surface area contributed by atoms with Gasteiger partial charge in [-0.25, -0.2) is 4.98 Å². The minimum absolute atomic E-state index is 0.209. The van der Waals surface area contributed by atoms with Crippen molar-refractivity contribution in [2.24, 2.45) is 0 Å². The molecule has 0 amide bonds. The Morgan fingerprint density at radius 2 is 2.18 bits per heavy atom. The van der Waals surface area contributed by atoms with Crippen molar-refractivity contribution in [3.8, 4) is 0 Å². The lowest BCUT2D eigenvalue weighted by atomic mass is 10.3. The van der Waals surface area contributed by atoms with E-state index in [0.29, 0.717) is 11.2 Å². The molecule has 0 radical (unpaired) electrons. The van der Waals surface area contributed by atoms with Gasteiger partial charge in [-0.15, -0.1) is 0 Å². The topological polar surface area (TPSA) is 75.3 Å². The molecule has 1 fully saturated rings. The lowest BCUT2D eigenvalue weighted by Gasteiger charge is -2.23. The zero-order chi connectivity index (χ0) is 12.3. The predicted molar refractivity (Wildman–Crippen MR) is 68.1 cm³/mol. The molecule has 0 unspecified atom stereocenters. The summed E-state index contributed by atoms with van der Waals surface area (Å²) in [5.74, 6) is 1.00. The van der Waals surface area contributed by atoms with Crippen LogP contribution in [0.1, 0.15) is 25.7 Å². The van der Waals surface area contributed by atoms with Crippen molar-refractivity contribution < 1.29 is 5.11 Å². The summed E-state index contributed by atoms with van der Waals surface area (Å²) in [6.07, 6.45) is 4.10. The molecule has 0 saturated heterocycles. The van der Waals surface area contributed by atoms with Gasteiger partial charge in [0.2, 0.25) is 5.95 Å². The van der Waals surface area contributed by atoms with Crippen LogP contribution in [0.2, 0.25) is 5.15 Å². The lowest BCUT2D eigenvalue weighted by molar-refractivity contribution is 0.285. The SMILES string of the molecule is Nc1nc(Cl)cc(N(CCCCO)C2CC2)n1. The predicted octanol–water partition coefficient (Wildman–Crippen LogP) is 1.45. The van der Waals surface area contributed by atoms with Crippen molar-refractivity contribution in [1.29, 1.82) is 0 Å². The molecule has 0 spiro atoms. The fourth-order valence-corrected chi connectivity index (χ4v) is 2.02. The summed E-state index contributed by atoms with van der Waals surface area (Å²) in [6, 6.07) is 2.29. The number of aliphatic hydroxyl groups excluding tert-OH is 1. The van der Waals surface area contributed by atoms with E-state index in [0.717, 1.165) is 25.2 Å². The van der Waals surface area contributed by atoms with Crippen LogP contribution in [0, 0.1) is 0 Å². The molecule has 0 aromatic carbocycles. The summed E-state index contributed by atoms with van der Waals surface area (Å²) >= 11 is 5.88. The summed E-state index contributed by atoms with van der Waals surface area (Å²) in [6.45, 7) is 1.10. The van der Waals surface area contributed by atoms with Crippen LogP contribution >= 0.6 is 11.6 Å². The van der Waals surface area contributed by atoms with Crippen LogP contribution in [0.15, 0.2) is 6.07 Å². The molecule has 1 aliphatic carbocycles. The fourth-order valence-electron chi connectivity index (χ4n) is 1.83. The monoisotopic (exact) mass is 256 g/mol. The van der Waals surface area contributed by atoms with E-state index >= 15 is 0 Å². The highest BCUT2D eigenvalue weighted by Crippen LogP contribution is 2.31. The minimum atomic E-state index is 0.209. The molecular weight excluding hydrogens is 240 g/mol. The van der Waals surface area contributed by atoms with Gasteiger partial charge < -0.3 is 15.7 Å². The number of rotatable bonds is 6. The van der Waals surface area contributed by atoms with Crippen LogP contribution in [0.5, 0.6) is 0 Å². The average Bonchev–Trinajstić information content (AvgIpc) is 3.07. The summed E-state index contributed by atoms with van der Waals surface area (Å²) in [5.41, 5.74) is 5.60. The molecule has 94 valence electrons. The van der Waals surface area contributed by atoms with Gasteiger partial charge >= 0.3 is 0 Å². The smallest absolute Gasteiger partial charge is 0.223 e. The van der Waals surface area contributed by atoms with E-state index in [-0.39, 0.29) is 12.6 Å². The first-order valence-corrected chi connectivity index (χ1v) is 6.26. The maximum atomic E-state index is 8.81. The highest BCUT2D eigenvalue weighted by molar-refractivity contribution is 6.29. The number of nitrogen functional groups attached to an aromatic ring is 1. The Labute approximate surface area is 106 Å². The average molecular weight is 257 g/mol. The molecule has 5 nitrogen and oxygen atoms in total. The summed E-state index contributed by atoms with van der Waals surface area (Å²) in [4.78, 5) is 10.3. The molecule has 2 rings (SSSR count). The van der Waals surface area contributed by atoms with Gasteiger partial charge in [0.25, 0.3) is 0 Å². The Balaban J connectivity index is 2.08. The number of unbranched alkanes of at least 4 members (excludes halogenated alkanes) is 1. The first kappa shape index (κ1) is 12.4. The fraction of sp³-hybridized carbons (Fsp3) is 0.636. The Bertz CT molecular complexity index is 363. The molecule has 0 atom stereocenters. The Morgan fingerprint density at radius 1 is 1.41 bits per heavy atom. The molecule has 6 heteroatoms. The highest BCUT2D eigenvalue weighted by Gasteiger charge is 2.30. The first-order valence-electron chi connectivity index (χ1n) is 5.88. The van der Waals surface area contributed by atoms with Crippen LogP contribution in [-0.4, -0.2) is 34.3 Å². The molecular formula is C11H17ClN4O. The largest absolute Gasteiger partial charge is 0.396 e. The summed E-state index contributed by atoms with van der Waals surface area (Å²) in [7, 11) is 0. The number of anilines is 2. The van der Waals surface area contributed by atoms with E-state index in [2.05, 4.69) is 14.9 Å². The highest BCUT2D eigenvalue weighted by atomic mass is 35.5. The normalized spacial score (nSPS) is 14.9. The maximum absolute atomic E-state index is 8.81. The van der Waals surface area contributed by atoms with Crippen molar-refractivity contribution in [2.75, 3.05) is 23.8 Å². The number of hydrogen-bond donors (Lipinski definition) is 2. The van der Waals surface area contributed by atoms with Crippen LogP contribution in [-0.2, 0) is 0 Å². The second-order valence-electron chi connectivity index (χ2n) is 4.26. The van der Waals surface area contributed by atoms with Crippen LogP contribution in [0.4, 0.5) is 11.8 Å². The van der Waals surface area contributed by atoms with Crippen molar-refractivity contribution in [3.63, 3.8) is 0 Å². The van der Waals surface area contributed by atoms with Gasteiger partial charge in [-0.2, -0.15) is 4.98 Å². The molecule has 1 aromatic rings. The second kappa shape index (κ2) is 5.51. The number of halogens is 1. The molecule has 1 heterocycles. The van der Waals surface area contributed by atoms with E-state index in [1.807, 2.05) is 0 Å². The quantitative estimate of drug-likeness (QED) is 0.595. The Kier molecular flexibility index (Phi) is 4.02. The number of hydrogen-bond acceptors (Lipinski definition) is 5. The Hall–Kier alpha value is -1.07. The van der Waals surface area contributed by atoms with E-state index in [1.165, 1.54) is 12.8 Å². The molecule has 0 aliphatic heterocycles. The van der Waals surface area contributed by atoms with E-state index < -0.39 is 0 Å². The molecule has 1 aromatic heterocycles. The second-order valence-corrected chi connectivity index (χ2v) is 4.65. The third-order valence-corrected chi connectivity index (χ3v) is 2.98. The molecule has 3 N–H and O–H groups in total. The van der Waals surface area contributed by atoms with Gasteiger partial charge in [0.1, 0.15) is 11.0 Å². The Morgan fingerprint density at radius 3 is 2.76 bits per heavy atom. The van der Waals surface area contributed by atoms with Gasteiger partial charge in [-0.1, -0.05) is 11.6 Å². The molecule has 1 aliphatic rings. The van der Waals surface area contributed by atoms with Crippen molar-refractivity contribution in [1.82, 2.24) is 9.97 Å². The third kappa shape index (κ3) is 3.44. The van der Waals surface area contributed by atoms with Gasteiger partial charge in [0.05, 0.1) is 0 Å². The van der Waals surface area contributed by atoms with Crippen molar-refractivity contribution >= 4 is 23.4 Å². The van der Waals surface area contributed by atoms with Crippen LogP contribution in [0.3, 0.4) is 0 Å². The molecule has 0 bridgehead atoms. The number of aromatic nitrogens is 2. The number of nitrogens with zero attached hydrogens (tertiary/aromatic N) is 3. The minimum Gasteiger partial charge on any atom is -0.396 e. The molecule has 17 heavy (non-hydrogen) atoms. The molecule has 1 saturated carbocycles. The zero-order valence-electron chi connectivity index (χ0n) is 9.64.